The molecule has 4 heteroatoms. The van der Waals surface area contributed by atoms with Crippen LogP contribution in [0.5, 0.6) is 0 Å². The zero-order valence-electron chi connectivity index (χ0n) is 10.7. The Labute approximate surface area is 114 Å². The summed E-state index contributed by atoms with van der Waals surface area (Å²) in [6.45, 7) is 2.24. The zero-order chi connectivity index (χ0) is 12.4. The molecule has 1 spiro atoms. The predicted octanol–water partition coefficient (Wildman–Crippen LogP) is 3.68. The Balaban J connectivity index is 1.66. The van der Waals surface area contributed by atoms with Gasteiger partial charge in [-0.2, -0.15) is 0 Å². The Hall–Kier alpha value is -0.830. The van der Waals surface area contributed by atoms with Gasteiger partial charge in [0.15, 0.2) is 0 Å². The summed E-state index contributed by atoms with van der Waals surface area (Å²) in [7, 11) is 0. The summed E-state index contributed by atoms with van der Waals surface area (Å²) in [6.07, 6.45) is 11.5. The maximum Gasteiger partial charge on any atom is 0.224 e. The molecule has 1 saturated heterocycles. The van der Waals surface area contributed by atoms with Gasteiger partial charge in [-0.15, -0.1) is 0 Å². The van der Waals surface area contributed by atoms with Gasteiger partial charge in [0.25, 0.3) is 0 Å². The van der Waals surface area contributed by atoms with E-state index in [1.54, 1.807) is 6.20 Å². The van der Waals surface area contributed by atoms with Crippen LogP contribution < -0.4 is 4.90 Å². The second-order valence-electron chi connectivity index (χ2n) is 5.73. The summed E-state index contributed by atoms with van der Waals surface area (Å²) in [4.78, 5) is 10.6. The van der Waals surface area contributed by atoms with Crippen molar-refractivity contribution in [3.8, 4) is 0 Å². The molecular formula is C14H20ClN3. The lowest BCUT2D eigenvalue weighted by molar-refractivity contribution is 0.144. The van der Waals surface area contributed by atoms with Crippen LogP contribution in [0.4, 0.5) is 5.82 Å². The molecule has 1 aliphatic heterocycles. The van der Waals surface area contributed by atoms with E-state index in [9.17, 15) is 0 Å². The van der Waals surface area contributed by atoms with Gasteiger partial charge in [0.1, 0.15) is 5.82 Å². The maximum atomic E-state index is 5.86. The number of halogens is 1. The first-order valence-corrected chi connectivity index (χ1v) is 7.39. The Kier molecular flexibility index (Phi) is 3.42. The maximum absolute atomic E-state index is 5.86. The summed E-state index contributed by atoms with van der Waals surface area (Å²) in [6, 6.07) is 1.96. The van der Waals surface area contributed by atoms with Gasteiger partial charge >= 0.3 is 0 Å². The minimum absolute atomic E-state index is 0.352. The lowest BCUT2D eigenvalue weighted by atomic mass is 9.68. The van der Waals surface area contributed by atoms with E-state index < -0.39 is 0 Å². The fraction of sp³-hybridized carbons (Fsp3) is 0.714. The first-order valence-electron chi connectivity index (χ1n) is 7.01. The second-order valence-corrected chi connectivity index (χ2v) is 6.07. The van der Waals surface area contributed by atoms with Crippen molar-refractivity contribution in [2.75, 3.05) is 18.0 Å². The second kappa shape index (κ2) is 5.04. The van der Waals surface area contributed by atoms with Gasteiger partial charge in [0.2, 0.25) is 5.28 Å². The molecule has 0 unspecified atom stereocenters. The number of hydrogen-bond acceptors (Lipinski definition) is 3. The van der Waals surface area contributed by atoms with Crippen LogP contribution in [0.2, 0.25) is 5.28 Å². The van der Waals surface area contributed by atoms with Gasteiger partial charge in [0, 0.05) is 19.3 Å². The summed E-state index contributed by atoms with van der Waals surface area (Å²) in [5.41, 5.74) is 0.644. The van der Waals surface area contributed by atoms with Crippen LogP contribution in [-0.2, 0) is 0 Å². The van der Waals surface area contributed by atoms with Gasteiger partial charge in [-0.25, -0.2) is 9.97 Å². The molecule has 1 aliphatic carbocycles. The Morgan fingerprint density at radius 1 is 1.06 bits per heavy atom. The minimum Gasteiger partial charge on any atom is -0.356 e. The van der Waals surface area contributed by atoms with Crippen LogP contribution in [0.15, 0.2) is 12.3 Å². The third kappa shape index (κ3) is 2.46. The molecule has 1 aromatic rings. The summed E-state index contributed by atoms with van der Waals surface area (Å²) >= 11 is 5.86. The van der Waals surface area contributed by atoms with Crippen LogP contribution >= 0.6 is 11.6 Å². The van der Waals surface area contributed by atoms with Crippen LogP contribution in [0.25, 0.3) is 0 Å². The average molecular weight is 266 g/mol. The molecule has 0 aromatic carbocycles. The largest absolute Gasteiger partial charge is 0.356 e. The van der Waals surface area contributed by atoms with Gasteiger partial charge in [0.05, 0.1) is 0 Å². The van der Waals surface area contributed by atoms with Crippen molar-refractivity contribution in [1.29, 1.82) is 0 Å². The number of aromatic nitrogens is 2. The molecular weight excluding hydrogens is 246 g/mol. The highest BCUT2D eigenvalue weighted by Gasteiger charge is 2.35. The smallest absolute Gasteiger partial charge is 0.224 e. The SMILES string of the molecule is Clc1nccc(N2CCC3(CCCCC3)CC2)n1. The van der Waals surface area contributed by atoms with Crippen LogP contribution in [0, 0.1) is 5.41 Å². The number of hydrogen-bond donors (Lipinski definition) is 0. The number of rotatable bonds is 1. The molecule has 0 radical (unpaired) electrons. The van der Waals surface area contributed by atoms with Gasteiger partial charge in [-0.1, -0.05) is 19.3 Å². The molecule has 0 N–H and O–H groups in total. The average Bonchev–Trinajstić information content (AvgIpc) is 2.40. The van der Waals surface area contributed by atoms with E-state index in [1.807, 2.05) is 6.07 Å². The Morgan fingerprint density at radius 2 is 1.78 bits per heavy atom. The van der Waals surface area contributed by atoms with Crippen LogP contribution in [-0.4, -0.2) is 23.1 Å². The summed E-state index contributed by atoms with van der Waals surface area (Å²) < 4.78 is 0. The van der Waals surface area contributed by atoms with Crippen molar-refractivity contribution in [1.82, 2.24) is 9.97 Å². The van der Waals surface area contributed by atoms with Crippen molar-refractivity contribution in [2.45, 2.75) is 44.9 Å². The molecule has 1 saturated carbocycles. The van der Waals surface area contributed by atoms with Crippen molar-refractivity contribution in [3.05, 3.63) is 17.5 Å². The van der Waals surface area contributed by atoms with Crippen molar-refractivity contribution >= 4 is 17.4 Å². The van der Waals surface area contributed by atoms with Gasteiger partial charge in [-0.05, 0) is 48.8 Å². The van der Waals surface area contributed by atoms with Gasteiger partial charge < -0.3 is 4.90 Å². The van der Waals surface area contributed by atoms with E-state index in [-0.39, 0.29) is 0 Å². The first kappa shape index (κ1) is 12.2. The summed E-state index contributed by atoms with van der Waals surface area (Å²) in [5.74, 6) is 0.987. The molecule has 0 atom stereocenters. The fourth-order valence-corrected chi connectivity index (χ4v) is 3.66. The number of nitrogens with zero attached hydrogens (tertiary/aromatic N) is 3. The molecule has 3 rings (SSSR count). The Bertz CT molecular complexity index is 405. The highest BCUT2D eigenvalue weighted by atomic mass is 35.5. The van der Waals surface area contributed by atoms with Crippen LogP contribution in [0.3, 0.4) is 0 Å². The van der Waals surface area contributed by atoms with Crippen LogP contribution in [0.1, 0.15) is 44.9 Å². The van der Waals surface area contributed by atoms with Crippen molar-refractivity contribution in [3.63, 3.8) is 0 Å². The molecule has 3 nitrogen and oxygen atoms in total. The predicted molar refractivity (Wildman–Crippen MR) is 74.0 cm³/mol. The molecule has 1 aromatic heterocycles. The molecule has 98 valence electrons. The number of anilines is 1. The summed E-state index contributed by atoms with van der Waals surface area (Å²) in [5, 5.41) is 0.352. The lowest BCUT2D eigenvalue weighted by Gasteiger charge is -2.44. The van der Waals surface area contributed by atoms with Gasteiger partial charge in [-0.3, -0.25) is 0 Å². The highest BCUT2D eigenvalue weighted by Crippen LogP contribution is 2.44. The third-order valence-corrected chi connectivity index (χ3v) is 4.86. The van der Waals surface area contributed by atoms with Crippen molar-refractivity contribution < 1.29 is 0 Å². The van der Waals surface area contributed by atoms with E-state index in [1.165, 1.54) is 44.9 Å². The van der Waals surface area contributed by atoms with E-state index in [2.05, 4.69) is 14.9 Å². The first-order chi connectivity index (χ1) is 8.77. The standard InChI is InChI=1S/C14H20ClN3/c15-13-16-9-4-12(17-13)18-10-7-14(8-11-18)5-2-1-3-6-14/h4,9H,1-3,5-8,10-11H2. The quantitative estimate of drug-likeness (QED) is 0.726. The molecule has 2 heterocycles. The lowest BCUT2D eigenvalue weighted by Crippen LogP contribution is -2.41. The molecule has 2 fully saturated rings. The highest BCUT2D eigenvalue weighted by molar-refractivity contribution is 6.28. The van der Waals surface area contributed by atoms with Crippen molar-refractivity contribution in [2.24, 2.45) is 5.41 Å². The third-order valence-electron chi connectivity index (χ3n) is 4.67. The topological polar surface area (TPSA) is 29.0 Å². The molecule has 0 bridgehead atoms. The van der Waals surface area contributed by atoms with E-state index in [4.69, 9.17) is 11.6 Å². The number of piperidine rings is 1. The van der Waals surface area contributed by atoms with E-state index in [0.29, 0.717) is 10.7 Å². The fourth-order valence-electron chi connectivity index (χ4n) is 3.51. The van der Waals surface area contributed by atoms with E-state index in [0.717, 1.165) is 18.9 Å². The normalized spacial score (nSPS) is 23.3. The minimum atomic E-state index is 0.352. The molecule has 0 amide bonds. The monoisotopic (exact) mass is 265 g/mol. The molecule has 18 heavy (non-hydrogen) atoms. The zero-order valence-corrected chi connectivity index (χ0v) is 11.5. The van der Waals surface area contributed by atoms with E-state index >= 15 is 0 Å². The Morgan fingerprint density at radius 3 is 2.44 bits per heavy atom. The molecule has 2 aliphatic rings.